The first-order valence-electron chi connectivity index (χ1n) is 5.49. The van der Waals surface area contributed by atoms with Gasteiger partial charge in [0.2, 0.25) is 5.91 Å². The molecule has 0 bridgehead atoms. The van der Waals surface area contributed by atoms with Crippen LogP contribution in [0.25, 0.3) is 0 Å². The monoisotopic (exact) mass is 212 g/mol. The fourth-order valence-electron chi connectivity index (χ4n) is 1.80. The van der Waals surface area contributed by atoms with Gasteiger partial charge in [-0.3, -0.25) is 4.79 Å². The highest BCUT2D eigenvalue weighted by Gasteiger charge is 2.17. The second kappa shape index (κ2) is 5.75. The van der Waals surface area contributed by atoms with Crippen LogP contribution in [-0.2, 0) is 9.53 Å². The Hall–Kier alpha value is -1.03. The summed E-state index contributed by atoms with van der Waals surface area (Å²) >= 11 is 0. The molecule has 0 aromatic rings. The van der Waals surface area contributed by atoms with Crippen molar-refractivity contribution < 1.29 is 9.53 Å². The number of rotatable bonds is 4. The van der Waals surface area contributed by atoms with E-state index in [2.05, 4.69) is 11.8 Å². The third-order valence-corrected chi connectivity index (χ3v) is 2.68. The Morgan fingerprint density at radius 2 is 2.00 bits per heavy atom. The van der Waals surface area contributed by atoms with Gasteiger partial charge in [-0.25, -0.2) is 0 Å². The topological polar surface area (TPSA) is 55.6 Å². The molecule has 4 nitrogen and oxygen atoms in total. The summed E-state index contributed by atoms with van der Waals surface area (Å²) in [7, 11) is 0. The molecule has 1 aliphatic rings. The molecule has 0 radical (unpaired) electrons. The van der Waals surface area contributed by atoms with Crippen molar-refractivity contribution in [3.8, 4) is 0 Å². The molecule has 4 heteroatoms. The number of primary amides is 1. The molecule has 0 aromatic heterocycles. The van der Waals surface area contributed by atoms with Gasteiger partial charge in [-0.05, 0) is 13.3 Å². The number of morpholine rings is 1. The van der Waals surface area contributed by atoms with Gasteiger partial charge in [0, 0.05) is 24.4 Å². The lowest BCUT2D eigenvalue weighted by Crippen LogP contribution is -2.37. The normalized spacial score (nSPS) is 18.7. The Bertz CT molecular complexity index is 255. The van der Waals surface area contributed by atoms with Crippen LogP contribution < -0.4 is 5.73 Å². The van der Waals surface area contributed by atoms with Gasteiger partial charge in [0.25, 0.3) is 0 Å². The minimum Gasteiger partial charge on any atom is -0.378 e. The number of carbonyl (C=O) groups excluding carboxylic acids is 1. The van der Waals surface area contributed by atoms with E-state index in [4.69, 9.17) is 10.5 Å². The summed E-state index contributed by atoms with van der Waals surface area (Å²) in [5.74, 6) is -0.315. The largest absolute Gasteiger partial charge is 0.378 e. The highest BCUT2D eigenvalue weighted by Crippen LogP contribution is 2.17. The standard InChI is InChI=1S/C11H20N2O2/c1-3-4-10(9(2)11(12)14)13-5-7-15-8-6-13/h3-8H2,1-2H3,(H2,12,14)/b10-9+. The van der Waals surface area contributed by atoms with Gasteiger partial charge in [0.05, 0.1) is 13.2 Å². The predicted molar refractivity (Wildman–Crippen MR) is 59.2 cm³/mol. The van der Waals surface area contributed by atoms with E-state index in [1.54, 1.807) is 0 Å². The van der Waals surface area contributed by atoms with E-state index >= 15 is 0 Å². The highest BCUT2D eigenvalue weighted by molar-refractivity contribution is 5.91. The number of carbonyl (C=O) groups is 1. The van der Waals surface area contributed by atoms with E-state index in [-0.39, 0.29) is 5.91 Å². The molecule has 1 rings (SSSR count). The lowest BCUT2D eigenvalue weighted by atomic mass is 10.1. The summed E-state index contributed by atoms with van der Waals surface area (Å²) in [6.45, 7) is 7.11. The molecule has 1 aliphatic heterocycles. The van der Waals surface area contributed by atoms with E-state index in [0.717, 1.165) is 44.8 Å². The molecule has 86 valence electrons. The van der Waals surface area contributed by atoms with Crippen molar-refractivity contribution in [1.82, 2.24) is 4.90 Å². The molecular formula is C11H20N2O2. The molecule has 0 aromatic carbocycles. The number of nitrogens with two attached hydrogens (primary N) is 1. The summed E-state index contributed by atoms with van der Waals surface area (Å²) < 4.78 is 5.29. The van der Waals surface area contributed by atoms with Gasteiger partial charge in [0.1, 0.15) is 0 Å². The minimum atomic E-state index is -0.315. The lowest BCUT2D eigenvalue weighted by Gasteiger charge is -2.32. The Kier molecular flexibility index (Phi) is 4.62. The van der Waals surface area contributed by atoms with E-state index in [0.29, 0.717) is 5.57 Å². The van der Waals surface area contributed by atoms with Crippen molar-refractivity contribution in [3.05, 3.63) is 11.3 Å². The van der Waals surface area contributed by atoms with E-state index in [1.807, 2.05) is 6.92 Å². The second-order valence-electron chi connectivity index (χ2n) is 3.79. The van der Waals surface area contributed by atoms with E-state index in [1.165, 1.54) is 0 Å². The summed E-state index contributed by atoms with van der Waals surface area (Å²) in [6, 6.07) is 0. The molecule has 1 amide bonds. The van der Waals surface area contributed by atoms with Crippen molar-refractivity contribution in [2.24, 2.45) is 5.73 Å². The fourth-order valence-corrected chi connectivity index (χ4v) is 1.80. The zero-order chi connectivity index (χ0) is 11.3. The predicted octanol–water partition coefficient (Wildman–Crippen LogP) is 0.878. The number of hydrogen-bond donors (Lipinski definition) is 1. The van der Waals surface area contributed by atoms with Gasteiger partial charge < -0.3 is 15.4 Å². The Balaban J connectivity index is 2.80. The molecule has 1 heterocycles. The van der Waals surface area contributed by atoms with Gasteiger partial charge in [-0.15, -0.1) is 0 Å². The van der Waals surface area contributed by atoms with Gasteiger partial charge in [-0.1, -0.05) is 13.3 Å². The maximum atomic E-state index is 11.2. The molecule has 0 unspecified atom stereocenters. The fraction of sp³-hybridized carbons (Fsp3) is 0.727. The molecule has 0 saturated carbocycles. The summed E-state index contributed by atoms with van der Waals surface area (Å²) in [6.07, 6.45) is 1.94. The van der Waals surface area contributed by atoms with E-state index in [9.17, 15) is 4.79 Å². The van der Waals surface area contributed by atoms with Crippen molar-refractivity contribution in [1.29, 1.82) is 0 Å². The van der Waals surface area contributed by atoms with Crippen LogP contribution in [0.15, 0.2) is 11.3 Å². The molecule has 0 aliphatic carbocycles. The van der Waals surface area contributed by atoms with Crippen molar-refractivity contribution in [2.75, 3.05) is 26.3 Å². The minimum absolute atomic E-state index is 0.315. The third-order valence-electron chi connectivity index (χ3n) is 2.68. The van der Waals surface area contributed by atoms with Crippen molar-refractivity contribution in [2.45, 2.75) is 26.7 Å². The number of hydrogen-bond acceptors (Lipinski definition) is 3. The number of nitrogens with zero attached hydrogens (tertiary/aromatic N) is 1. The van der Waals surface area contributed by atoms with Crippen LogP contribution in [0, 0.1) is 0 Å². The number of amides is 1. The highest BCUT2D eigenvalue weighted by atomic mass is 16.5. The quantitative estimate of drug-likeness (QED) is 0.704. The first kappa shape index (κ1) is 12.0. The Morgan fingerprint density at radius 3 is 2.47 bits per heavy atom. The van der Waals surface area contributed by atoms with E-state index < -0.39 is 0 Å². The molecule has 1 fully saturated rings. The maximum Gasteiger partial charge on any atom is 0.246 e. The third kappa shape index (κ3) is 3.23. The van der Waals surface area contributed by atoms with Crippen LogP contribution in [-0.4, -0.2) is 37.1 Å². The zero-order valence-corrected chi connectivity index (χ0v) is 9.58. The summed E-state index contributed by atoms with van der Waals surface area (Å²) in [4.78, 5) is 13.4. The second-order valence-corrected chi connectivity index (χ2v) is 3.79. The van der Waals surface area contributed by atoms with Crippen molar-refractivity contribution >= 4 is 5.91 Å². The molecule has 15 heavy (non-hydrogen) atoms. The molecule has 0 spiro atoms. The lowest BCUT2D eigenvalue weighted by molar-refractivity contribution is -0.114. The molecule has 2 N–H and O–H groups in total. The maximum absolute atomic E-state index is 11.2. The van der Waals surface area contributed by atoms with Crippen LogP contribution in [0.3, 0.4) is 0 Å². The van der Waals surface area contributed by atoms with Crippen LogP contribution in [0.1, 0.15) is 26.7 Å². The average Bonchev–Trinajstić information content (AvgIpc) is 2.26. The summed E-state index contributed by atoms with van der Waals surface area (Å²) in [5.41, 5.74) is 7.10. The first-order valence-corrected chi connectivity index (χ1v) is 5.49. The molecule has 1 saturated heterocycles. The van der Waals surface area contributed by atoms with Crippen molar-refractivity contribution in [3.63, 3.8) is 0 Å². The van der Waals surface area contributed by atoms with Crippen LogP contribution >= 0.6 is 0 Å². The molecular weight excluding hydrogens is 192 g/mol. The van der Waals surface area contributed by atoms with Gasteiger partial charge >= 0.3 is 0 Å². The smallest absolute Gasteiger partial charge is 0.246 e. The first-order chi connectivity index (χ1) is 7.16. The molecule has 0 atom stereocenters. The van der Waals surface area contributed by atoms with Crippen LogP contribution in [0.4, 0.5) is 0 Å². The van der Waals surface area contributed by atoms with Gasteiger partial charge in [0.15, 0.2) is 0 Å². The Morgan fingerprint density at radius 1 is 1.40 bits per heavy atom. The van der Waals surface area contributed by atoms with Crippen LogP contribution in [0.2, 0.25) is 0 Å². The number of ether oxygens (including phenoxy) is 1. The van der Waals surface area contributed by atoms with Gasteiger partial charge in [-0.2, -0.15) is 0 Å². The zero-order valence-electron chi connectivity index (χ0n) is 9.58. The average molecular weight is 212 g/mol. The Labute approximate surface area is 91.1 Å². The SMILES string of the molecule is CCC/C(=C(/C)C(N)=O)N1CCOCC1. The van der Waals surface area contributed by atoms with Crippen LogP contribution in [0.5, 0.6) is 0 Å². The number of allylic oxidation sites excluding steroid dienone is 1. The summed E-state index contributed by atoms with van der Waals surface area (Å²) in [5, 5.41) is 0.